The number of amides is 1. The van der Waals surface area contributed by atoms with E-state index in [2.05, 4.69) is 10.1 Å². The summed E-state index contributed by atoms with van der Waals surface area (Å²) >= 11 is 1.08. The number of carbonyl (C=O) groups is 2. The standard InChI is InChI=1S/C17H17FN2O6S2/c1-25-17(22)15-13(4-9-27-15)19-16(21)11-2-3-12(18)14(10-11)28(23,24)20-5-7-26-8-6-20/h2-4,9-10H,5-8H2,1H3,(H,19,21). The quantitative estimate of drug-likeness (QED) is 0.731. The van der Waals surface area contributed by atoms with Crippen LogP contribution in [0.25, 0.3) is 0 Å². The Morgan fingerprint density at radius 1 is 1.25 bits per heavy atom. The van der Waals surface area contributed by atoms with Crippen LogP contribution in [0.5, 0.6) is 0 Å². The predicted molar refractivity (Wildman–Crippen MR) is 99.6 cm³/mol. The highest BCUT2D eigenvalue weighted by Crippen LogP contribution is 2.25. The molecule has 2 heterocycles. The van der Waals surface area contributed by atoms with Crippen LogP contribution in [0.3, 0.4) is 0 Å². The fraction of sp³-hybridized carbons (Fsp3) is 0.294. The molecule has 0 atom stereocenters. The first-order valence-corrected chi connectivity index (χ1v) is 10.5. The molecule has 1 aromatic heterocycles. The van der Waals surface area contributed by atoms with Crippen molar-refractivity contribution in [3.8, 4) is 0 Å². The fourth-order valence-corrected chi connectivity index (χ4v) is 4.89. The van der Waals surface area contributed by atoms with Crippen molar-refractivity contribution >= 4 is 38.9 Å². The molecule has 0 spiro atoms. The normalized spacial score (nSPS) is 15.2. The molecule has 2 aromatic rings. The first kappa shape index (κ1) is 20.4. The lowest BCUT2D eigenvalue weighted by Gasteiger charge is -2.26. The average Bonchev–Trinajstić information content (AvgIpc) is 3.16. The second-order valence-electron chi connectivity index (χ2n) is 5.77. The van der Waals surface area contributed by atoms with Gasteiger partial charge in [-0.15, -0.1) is 11.3 Å². The van der Waals surface area contributed by atoms with Crippen molar-refractivity contribution in [2.75, 3.05) is 38.7 Å². The van der Waals surface area contributed by atoms with Gasteiger partial charge in [0.25, 0.3) is 5.91 Å². The van der Waals surface area contributed by atoms with Gasteiger partial charge in [-0.1, -0.05) is 0 Å². The molecule has 1 aromatic carbocycles. The maximum Gasteiger partial charge on any atom is 0.350 e. The fourth-order valence-electron chi connectivity index (χ4n) is 2.62. The van der Waals surface area contributed by atoms with E-state index >= 15 is 0 Å². The SMILES string of the molecule is COC(=O)c1sccc1NC(=O)c1ccc(F)c(S(=O)(=O)N2CCOCC2)c1. The second-order valence-corrected chi connectivity index (χ2v) is 8.59. The van der Waals surface area contributed by atoms with Crippen molar-refractivity contribution in [3.05, 3.63) is 45.9 Å². The Hall–Kier alpha value is -2.34. The number of carbonyl (C=O) groups excluding carboxylic acids is 2. The minimum atomic E-state index is -4.11. The van der Waals surface area contributed by atoms with Gasteiger partial charge in [-0.3, -0.25) is 4.79 Å². The number of hydrogen-bond acceptors (Lipinski definition) is 7. The van der Waals surface area contributed by atoms with Gasteiger partial charge in [-0.05, 0) is 29.6 Å². The minimum Gasteiger partial charge on any atom is -0.465 e. The van der Waals surface area contributed by atoms with E-state index in [9.17, 15) is 22.4 Å². The Labute approximate surface area is 164 Å². The van der Waals surface area contributed by atoms with Crippen molar-refractivity contribution in [1.82, 2.24) is 4.31 Å². The van der Waals surface area contributed by atoms with Crippen LogP contribution in [0.15, 0.2) is 34.5 Å². The molecule has 0 unspecified atom stereocenters. The summed E-state index contributed by atoms with van der Waals surface area (Å²) < 4.78 is 50.6. The maximum absolute atomic E-state index is 14.2. The molecule has 0 aliphatic carbocycles. The molecule has 11 heteroatoms. The summed E-state index contributed by atoms with van der Waals surface area (Å²) in [5.74, 6) is -2.24. The number of nitrogens with one attached hydrogen (secondary N) is 1. The Morgan fingerprint density at radius 2 is 1.96 bits per heavy atom. The molecule has 1 saturated heterocycles. The van der Waals surface area contributed by atoms with Crippen molar-refractivity contribution in [3.63, 3.8) is 0 Å². The van der Waals surface area contributed by atoms with Crippen LogP contribution < -0.4 is 5.32 Å². The van der Waals surface area contributed by atoms with E-state index in [1.165, 1.54) is 19.2 Å². The van der Waals surface area contributed by atoms with E-state index < -0.39 is 32.6 Å². The summed E-state index contributed by atoms with van der Waals surface area (Å²) in [6.45, 7) is 0.649. The Bertz CT molecular complexity index is 999. The van der Waals surface area contributed by atoms with Gasteiger partial charge < -0.3 is 14.8 Å². The molecule has 8 nitrogen and oxygen atoms in total. The second kappa shape index (κ2) is 8.35. The highest BCUT2D eigenvalue weighted by atomic mass is 32.2. The average molecular weight is 428 g/mol. The van der Waals surface area contributed by atoms with Gasteiger partial charge in [0.15, 0.2) is 0 Å². The van der Waals surface area contributed by atoms with E-state index in [1.807, 2.05) is 0 Å². The first-order chi connectivity index (χ1) is 13.3. The van der Waals surface area contributed by atoms with Gasteiger partial charge in [0.2, 0.25) is 10.0 Å². The van der Waals surface area contributed by atoms with Gasteiger partial charge in [0, 0.05) is 18.7 Å². The summed E-state index contributed by atoms with van der Waals surface area (Å²) in [6.07, 6.45) is 0. The summed E-state index contributed by atoms with van der Waals surface area (Å²) in [5, 5.41) is 4.12. The third-order valence-electron chi connectivity index (χ3n) is 4.07. The van der Waals surface area contributed by atoms with E-state index in [0.29, 0.717) is 0 Å². The first-order valence-electron chi connectivity index (χ1n) is 8.19. The predicted octanol–water partition coefficient (Wildman–Crippen LogP) is 1.95. The lowest BCUT2D eigenvalue weighted by molar-refractivity contribution is 0.0607. The molecule has 0 radical (unpaired) electrons. The molecule has 0 saturated carbocycles. The number of halogens is 1. The summed E-state index contributed by atoms with van der Waals surface area (Å²) in [6, 6.07) is 4.60. The molecular weight excluding hydrogens is 411 g/mol. The summed E-state index contributed by atoms with van der Waals surface area (Å²) in [4.78, 5) is 23.9. The lowest BCUT2D eigenvalue weighted by Crippen LogP contribution is -2.41. The molecule has 3 rings (SSSR count). The van der Waals surface area contributed by atoms with E-state index in [4.69, 9.17) is 4.74 Å². The number of morpholine rings is 1. The molecule has 1 fully saturated rings. The zero-order chi connectivity index (χ0) is 20.3. The van der Waals surface area contributed by atoms with Crippen LogP contribution >= 0.6 is 11.3 Å². The number of nitrogens with zero attached hydrogens (tertiary/aromatic N) is 1. The molecule has 150 valence electrons. The zero-order valence-electron chi connectivity index (χ0n) is 14.8. The molecular formula is C17H17FN2O6S2. The number of methoxy groups -OCH3 is 1. The van der Waals surface area contributed by atoms with Crippen LogP contribution in [0.1, 0.15) is 20.0 Å². The summed E-state index contributed by atoms with van der Waals surface area (Å²) in [5.41, 5.74) is 0.166. The molecule has 1 aliphatic rings. The van der Waals surface area contributed by atoms with Crippen LogP contribution in [-0.4, -0.2) is 58.0 Å². The number of benzene rings is 1. The number of ether oxygens (including phenoxy) is 2. The van der Waals surface area contributed by atoms with Gasteiger partial charge in [-0.25, -0.2) is 17.6 Å². The van der Waals surface area contributed by atoms with Crippen molar-refractivity contribution < 1.29 is 31.9 Å². The molecule has 1 N–H and O–H groups in total. The molecule has 1 aliphatic heterocycles. The third kappa shape index (κ3) is 4.07. The number of rotatable bonds is 5. The molecule has 1 amide bonds. The van der Waals surface area contributed by atoms with Crippen LogP contribution in [0.2, 0.25) is 0 Å². The monoisotopic (exact) mass is 428 g/mol. The molecule has 28 heavy (non-hydrogen) atoms. The van der Waals surface area contributed by atoms with Crippen LogP contribution in [-0.2, 0) is 19.5 Å². The lowest BCUT2D eigenvalue weighted by atomic mass is 10.2. The summed E-state index contributed by atoms with van der Waals surface area (Å²) in [7, 11) is -2.89. The number of esters is 1. The van der Waals surface area contributed by atoms with Crippen molar-refractivity contribution in [2.24, 2.45) is 0 Å². The van der Waals surface area contributed by atoms with E-state index in [-0.39, 0.29) is 42.4 Å². The van der Waals surface area contributed by atoms with E-state index in [1.54, 1.807) is 5.38 Å². The van der Waals surface area contributed by atoms with Gasteiger partial charge in [0.05, 0.1) is 26.0 Å². The smallest absolute Gasteiger partial charge is 0.350 e. The van der Waals surface area contributed by atoms with E-state index in [0.717, 1.165) is 27.8 Å². The van der Waals surface area contributed by atoms with Crippen LogP contribution in [0.4, 0.5) is 10.1 Å². The highest BCUT2D eigenvalue weighted by Gasteiger charge is 2.30. The van der Waals surface area contributed by atoms with Gasteiger partial charge >= 0.3 is 5.97 Å². The maximum atomic E-state index is 14.2. The zero-order valence-corrected chi connectivity index (χ0v) is 16.4. The Morgan fingerprint density at radius 3 is 2.64 bits per heavy atom. The van der Waals surface area contributed by atoms with Gasteiger partial charge in [0.1, 0.15) is 15.6 Å². The third-order valence-corrected chi connectivity index (χ3v) is 6.87. The Balaban J connectivity index is 1.88. The number of hydrogen-bond donors (Lipinski definition) is 1. The Kier molecular flexibility index (Phi) is 6.08. The van der Waals surface area contributed by atoms with Crippen molar-refractivity contribution in [2.45, 2.75) is 4.90 Å². The number of sulfonamides is 1. The number of anilines is 1. The molecule has 0 bridgehead atoms. The van der Waals surface area contributed by atoms with Crippen molar-refractivity contribution in [1.29, 1.82) is 0 Å². The highest BCUT2D eigenvalue weighted by molar-refractivity contribution is 7.89. The number of thiophene rings is 1. The topological polar surface area (TPSA) is 102 Å². The van der Waals surface area contributed by atoms with Crippen LogP contribution in [0, 0.1) is 5.82 Å². The largest absolute Gasteiger partial charge is 0.465 e. The minimum absolute atomic E-state index is 0.0600. The van der Waals surface area contributed by atoms with Gasteiger partial charge in [-0.2, -0.15) is 4.31 Å².